The van der Waals surface area contributed by atoms with Gasteiger partial charge < -0.3 is 9.84 Å². The molecule has 0 saturated carbocycles. The number of halogens is 2. The van der Waals surface area contributed by atoms with Gasteiger partial charge in [-0.3, -0.25) is 5.32 Å². The summed E-state index contributed by atoms with van der Waals surface area (Å²) in [7, 11) is 0. The second-order valence-electron chi connectivity index (χ2n) is 3.10. The minimum Gasteiger partial charge on any atom is -0.478 e. The van der Waals surface area contributed by atoms with Crippen LogP contribution in [-0.4, -0.2) is 23.8 Å². The number of carbonyl (C=O) groups excluding carboxylic acids is 1. The SMILES string of the molecule is C=CCOC(=O)Nc1ccc(Br)c(C(=O)O)c1F. The lowest BCUT2D eigenvalue weighted by atomic mass is 10.2. The van der Waals surface area contributed by atoms with E-state index in [0.29, 0.717) is 0 Å². The van der Waals surface area contributed by atoms with Crippen molar-refractivity contribution in [2.45, 2.75) is 0 Å². The zero-order valence-corrected chi connectivity index (χ0v) is 10.7. The molecule has 0 heterocycles. The van der Waals surface area contributed by atoms with Crippen LogP contribution in [0.2, 0.25) is 0 Å². The third kappa shape index (κ3) is 3.30. The predicted molar refractivity (Wildman–Crippen MR) is 66.2 cm³/mol. The number of carboxylic acid groups (broad SMARTS) is 1. The van der Waals surface area contributed by atoms with E-state index in [9.17, 15) is 14.0 Å². The van der Waals surface area contributed by atoms with E-state index in [1.54, 1.807) is 0 Å². The zero-order chi connectivity index (χ0) is 13.7. The molecule has 0 aliphatic rings. The van der Waals surface area contributed by atoms with E-state index in [2.05, 4.69) is 32.6 Å². The van der Waals surface area contributed by atoms with E-state index in [0.717, 1.165) is 0 Å². The van der Waals surface area contributed by atoms with Crippen LogP contribution < -0.4 is 5.32 Å². The van der Waals surface area contributed by atoms with Crippen molar-refractivity contribution in [2.24, 2.45) is 0 Å². The molecular weight excluding hydrogens is 309 g/mol. The number of amides is 1. The van der Waals surface area contributed by atoms with Crippen LogP contribution in [0.25, 0.3) is 0 Å². The second-order valence-corrected chi connectivity index (χ2v) is 3.96. The summed E-state index contributed by atoms with van der Waals surface area (Å²) >= 11 is 2.91. The molecule has 0 bridgehead atoms. The number of anilines is 1. The predicted octanol–water partition coefficient (Wildman–Crippen LogP) is 3.02. The second kappa shape index (κ2) is 6.15. The molecule has 0 saturated heterocycles. The molecule has 1 rings (SSSR count). The average molecular weight is 318 g/mol. The van der Waals surface area contributed by atoms with Gasteiger partial charge >= 0.3 is 12.1 Å². The van der Waals surface area contributed by atoms with Crippen molar-refractivity contribution in [3.63, 3.8) is 0 Å². The molecule has 5 nitrogen and oxygen atoms in total. The van der Waals surface area contributed by atoms with Gasteiger partial charge in [0.2, 0.25) is 0 Å². The van der Waals surface area contributed by atoms with Crippen LogP contribution in [0.1, 0.15) is 10.4 Å². The molecule has 0 aliphatic carbocycles. The van der Waals surface area contributed by atoms with Gasteiger partial charge in [-0.15, -0.1) is 0 Å². The summed E-state index contributed by atoms with van der Waals surface area (Å²) in [5.74, 6) is -2.49. The summed E-state index contributed by atoms with van der Waals surface area (Å²) in [4.78, 5) is 22.0. The number of hydrogen-bond donors (Lipinski definition) is 2. The molecule has 0 radical (unpaired) electrons. The van der Waals surface area contributed by atoms with Crippen molar-refractivity contribution in [3.05, 3.63) is 40.6 Å². The van der Waals surface area contributed by atoms with Gasteiger partial charge in [0, 0.05) is 4.47 Å². The van der Waals surface area contributed by atoms with Gasteiger partial charge in [0.15, 0.2) is 5.82 Å². The molecule has 1 aromatic rings. The summed E-state index contributed by atoms with van der Waals surface area (Å²) < 4.78 is 18.4. The summed E-state index contributed by atoms with van der Waals surface area (Å²) in [5, 5.41) is 10.9. The van der Waals surface area contributed by atoms with Crippen molar-refractivity contribution in [1.29, 1.82) is 0 Å². The highest BCUT2D eigenvalue weighted by Crippen LogP contribution is 2.26. The highest BCUT2D eigenvalue weighted by molar-refractivity contribution is 9.10. The number of carboxylic acids is 1. The van der Waals surface area contributed by atoms with Crippen LogP contribution in [0.3, 0.4) is 0 Å². The minimum atomic E-state index is -1.44. The fourth-order valence-corrected chi connectivity index (χ4v) is 1.60. The van der Waals surface area contributed by atoms with Gasteiger partial charge in [-0.2, -0.15) is 0 Å². The first-order valence-electron chi connectivity index (χ1n) is 4.73. The monoisotopic (exact) mass is 317 g/mol. The molecule has 0 atom stereocenters. The van der Waals surface area contributed by atoms with Crippen LogP contribution in [0.5, 0.6) is 0 Å². The van der Waals surface area contributed by atoms with E-state index in [-0.39, 0.29) is 16.8 Å². The largest absolute Gasteiger partial charge is 0.478 e. The maximum absolute atomic E-state index is 13.8. The van der Waals surface area contributed by atoms with Crippen LogP contribution >= 0.6 is 15.9 Å². The molecule has 1 aromatic carbocycles. The quantitative estimate of drug-likeness (QED) is 0.837. The van der Waals surface area contributed by atoms with Crippen LogP contribution in [0, 0.1) is 5.82 Å². The number of benzene rings is 1. The molecule has 2 N–H and O–H groups in total. The van der Waals surface area contributed by atoms with E-state index < -0.39 is 23.4 Å². The molecular formula is C11H9BrFNO4. The van der Waals surface area contributed by atoms with Crippen molar-refractivity contribution >= 4 is 33.7 Å². The number of nitrogens with one attached hydrogen (secondary N) is 1. The van der Waals surface area contributed by atoms with E-state index in [4.69, 9.17) is 5.11 Å². The van der Waals surface area contributed by atoms with Crippen molar-refractivity contribution in [3.8, 4) is 0 Å². The summed E-state index contributed by atoms with van der Waals surface area (Å²) in [5.41, 5.74) is -0.832. The molecule has 0 aromatic heterocycles. The van der Waals surface area contributed by atoms with Crippen LogP contribution in [-0.2, 0) is 4.74 Å². The maximum atomic E-state index is 13.8. The Morgan fingerprint density at radius 3 is 2.78 bits per heavy atom. The topological polar surface area (TPSA) is 75.6 Å². The number of carbonyl (C=O) groups is 2. The third-order valence-corrected chi connectivity index (χ3v) is 2.53. The molecule has 0 aliphatic heterocycles. The Balaban J connectivity index is 2.97. The van der Waals surface area contributed by atoms with Gasteiger partial charge in [0.25, 0.3) is 0 Å². The number of rotatable bonds is 4. The van der Waals surface area contributed by atoms with E-state index >= 15 is 0 Å². The highest BCUT2D eigenvalue weighted by atomic mass is 79.9. The first-order valence-corrected chi connectivity index (χ1v) is 5.52. The molecule has 96 valence electrons. The van der Waals surface area contributed by atoms with Crippen LogP contribution in [0.4, 0.5) is 14.9 Å². The van der Waals surface area contributed by atoms with Crippen molar-refractivity contribution < 1.29 is 23.8 Å². The van der Waals surface area contributed by atoms with Crippen molar-refractivity contribution in [2.75, 3.05) is 11.9 Å². The zero-order valence-electron chi connectivity index (χ0n) is 9.07. The lowest BCUT2D eigenvalue weighted by Crippen LogP contribution is -2.16. The Labute approximate surface area is 110 Å². The summed E-state index contributed by atoms with van der Waals surface area (Å²) in [6.07, 6.45) is 0.452. The fourth-order valence-electron chi connectivity index (χ4n) is 1.13. The molecule has 1 amide bonds. The van der Waals surface area contributed by atoms with Crippen molar-refractivity contribution in [1.82, 2.24) is 0 Å². The lowest BCUT2D eigenvalue weighted by Gasteiger charge is -2.09. The Kier molecular flexibility index (Phi) is 4.85. The number of hydrogen-bond acceptors (Lipinski definition) is 3. The van der Waals surface area contributed by atoms with E-state index in [1.165, 1.54) is 18.2 Å². The summed E-state index contributed by atoms with van der Waals surface area (Å²) in [6, 6.07) is 2.54. The molecule has 0 unspecified atom stereocenters. The lowest BCUT2D eigenvalue weighted by molar-refractivity contribution is 0.0690. The molecule has 18 heavy (non-hydrogen) atoms. The number of ether oxygens (including phenoxy) is 1. The number of aromatic carboxylic acids is 1. The first-order chi connectivity index (χ1) is 8.47. The average Bonchev–Trinajstić information content (AvgIpc) is 2.30. The van der Waals surface area contributed by atoms with Gasteiger partial charge in [-0.1, -0.05) is 12.7 Å². The minimum absolute atomic E-state index is 0.0320. The van der Waals surface area contributed by atoms with E-state index in [1.807, 2.05) is 0 Å². The van der Waals surface area contributed by atoms with Gasteiger partial charge in [0.1, 0.15) is 12.2 Å². The van der Waals surface area contributed by atoms with Gasteiger partial charge in [-0.25, -0.2) is 14.0 Å². The maximum Gasteiger partial charge on any atom is 0.412 e. The normalized spacial score (nSPS) is 9.67. The van der Waals surface area contributed by atoms with Gasteiger partial charge in [0.05, 0.1) is 5.69 Å². The Morgan fingerprint density at radius 2 is 2.22 bits per heavy atom. The van der Waals surface area contributed by atoms with Crippen LogP contribution in [0.15, 0.2) is 29.3 Å². The Hall–Kier alpha value is -1.89. The third-order valence-electron chi connectivity index (χ3n) is 1.87. The van der Waals surface area contributed by atoms with Gasteiger partial charge in [-0.05, 0) is 28.1 Å². The summed E-state index contributed by atoms with van der Waals surface area (Å²) in [6.45, 7) is 3.31. The Bertz CT molecular complexity index is 504. The molecule has 0 spiro atoms. The fraction of sp³-hybridized carbons (Fsp3) is 0.0909. The molecule has 7 heteroatoms. The first kappa shape index (κ1) is 14.2. The standard InChI is InChI=1S/C11H9BrFNO4/c1-2-5-18-11(17)14-7-4-3-6(12)8(9(7)13)10(15)16/h2-4H,1,5H2,(H,14,17)(H,15,16). The smallest absolute Gasteiger partial charge is 0.412 e. The molecule has 0 fully saturated rings. The Morgan fingerprint density at radius 1 is 1.56 bits per heavy atom. The highest BCUT2D eigenvalue weighted by Gasteiger charge is 2.19.